The van der Waals surface area contributed by atoms with Crippen LogP contribution in [0.4, 0.5) is 13.2 Å². The van der Waals surface area contributed by atoms with Crippen LogP contribution in [0.3, 0.4) is 0 Å². The van der Waals surface area contributed by atoms with Crippen molar-refractivity contribution in [1.82, 2.24) is 4.90 Å². The lowest BCUT2D eigenvalue weighted by atomic mass is 9.96. The highest BCUT2D eigenvalue weighted by Gasteiger charge is 2.30. The van der Waals surface area contributed by atoms with Crippen molar-refractivity contribution in [2.75, 3.05) is 13.6 Å². The van der Waals surface area contributed by atoms with Crippen molar-refractivity contribution in [3.63, 3.8) is 0 Å². The third kappa shape index (κ3) is 2.99. The van der Waals surface area contributed by atoms with Crippen molar-refractivity contribution in [2.45, 2.75) is 24.9 Å². The summed E-state index contributed by atoms with van der Waals surface area (Å²) < 4.78 is 42.2. The zero-order valence-corrected chi connectivity index (χ0v) is 12.9. The Labute approximate surface area is 133 Å². The fourth-order valence-corrected chi connectivity index (χ4v) is 3.23. The zero-order valence-electron chi connectivity index (χ0n) is 12.9. The Balaban J connectivity index is 1.97. The molecule has 3 rings (SSSR count). The normalized spacial score (nSPS) is 21.8. The molecule has 5 heteroatoms. The molecule has 0 amide bonds. The number of rotatable bonds is 3. The molecule has 122 valence electrons. The third-order valence-electron chi connectivity index (χ3n) is 4.63. The standard InChI is InChI=1S/C18H19F3N2/c1-23-9-8-15(22)16(23)10-11-4-2-5-12(17(11)20)13-6-3-7-14(19)18(13)21/h2-7,15-16H,8-10,22H2,1H3. The van der Waals surface area contributed by atoms with E-state index in [0.29, 0.717) is 12.0 Å². The van der Waals surface area contributed by atoms with Crippen molar-refractivity contribution < 1.29 is 13.2 Å². The monoisotopic (exact) mass is 320 g/mol. The number of halogens is 3. The van der Waals surface area contributed by atoms with E-state index in [1.807, 2.05) is 7.05 Å². The molecule has 1 aliphatic rings. The van der Waals surface area contributed by atoms with Crippen LogP contribution >= 0.6 is 0 Å². The minimum Gasteiger partial charge on any atom is -0.326 e. The second-order valence-corrected chi connectivity index (χ2v) is 6.08. The van der Waals surface area contributed by atoms with Crippen molar-refractivity contribution in [1.29, 1.82) is 0 Å². The Hall–Kier alpha value is -1.85. The van der Waals surface area contributed by atoms with Crippen LogP contribution in [-0.4, -0.2) is 30.6 Å². The fraction of sp³-hybridized carbons (Fsp3) is 0.333. The third-order valence-corrected chi connectivity index (χ3v) is 4.63. The Morgan fingerprint density at radius 3 is 2.35 bits per heavy atom. The van der Waals surface area contributed by atoms with Gasteiger partial charge in [0.15, 0.2) is 11.6 Å². The molecule has 0 aromatic heterocycles. The summed E-state index contributed by atoms with van der Waals surface area (Å²) in [7, 11) is 1.96. The summed E-state index contributed by atoms with van der Waals surface area (Å²) >= 11 is 0. The van der Waals surface area contributed by atoms with Crippen LogP contribution in [0.1, 0.15) is 12.0 Å². The molecule has 0 saturated carbocycles. The second-order valence-electron chi connectivity index (χ2n) is 6.08. The number of likely N-dealkylation sites (N-methyl/N-ethyl adjacent to an activating group) is 1. The molecule has 1 saturated heterocycles. The topological polar surface area (TPSA) is 29.3 Å². The van der Waals surface area contributed by atoms with E-state index in [4.69, 9.17) is 5.73 Å². The average molecular weight is 320 g/mol. The summed E-state index contributed by atoms with van der Waals surface area (Å²) in [6.07, 6.45) is 1.33. The lowest BCUT2D eigenvalue weighted by molar-refractivity contribution is 0.294. The molecule has 1 fully saturated rings. The van der Waals surface area contributed by atoms with Gasteiger partial charge in [0.2, 0.25) is 0 Å². The Bertz CT molecular complexity index is 707. The molecule has 0 radical (unpaired) electrons. The smallest absolute Gasteiger partial charge is 0.166 e. The van der Waals surface area contributed by atoms with E-state index < -0.39 is 17.5 Å². The van der Waals surface area contributed by atoms with Crippen LogP contribution in [0.5, 0.6) is 0 Å². The molecule has 2 unspecified atom stereocenters. The van der Waals surface area contributed by atoms with Crippen LogP contribution in [0.25, 0.3) is 11.1 Å². The first-order valence-corrected chi connectivity index (χ1v) is 7.66. The highest BCUT2D eigenvalue weighted by Crippen LogP contribution is 2.30. The maximum absolute atomic E-state index is 14.8. The predicted octanol–water partition coefficient (Wildman–Crippen LogP) is 3.34. The molecule has 2 N–H and O–H groups in total. The van der Waals surface area contributed by atoms with Crippen molar-refractivity contribution in [2.24, 2.45) is 5.73 Å². The van der Waals surface area contributed by atoms with E-state index >= 15 is 0 Å². The average Bonchev–Trinajstić information content (AvgIpc) is 2.84. The quantitative estimate of drug-likeness (QED) is 0.940. The Morgan fingerprint density at radius 1 is 1.04 bits per heavy atom. The van der Waals surface area contributed by atoms with Crippen molar-refractivity contribution in [3.05, 3.63) is 59.4 Å². The van der Waals surface area contributed by atoms with E-state index in [2.05, 4.69) is 4.90 Å². The van der Waals surface area contributed by atoms with Crippen LogP contribution in [0.2, 0.25) is 0 Å². The number of benzene rings is 2. The molecule has 2 atom stereocenters. The zero-order chi connectivity index (χ0) is 16.6. The van der Waals surface area contributed by atoms with Gasteiger partial charge in [0.25, 0.3) is 0 Å². The number of hydrogen-bond acceptors (Lipinski definition) is 2. The molecule has 1 aliphatic heterocycles. The van der Waals surface area contributed by atoms with E-state index in [9.17, 15) is 13.2 Å². The van der Waals surface area contributed by atoms with Gasteiger partial charge in [-0.3, -0.25) is 0 Å². The molecular weight excluding hydrogens is 301 g/mol. The molecule has 1 heterocycles. The van der Waals surface area contributed by atoms with Gasteiger partial charge in [-0.1, -0.05) is 30.3 Å². The number of nitrogens with two attached hydrogens (primary N) is 1. The molecule has 2 nitrogen and oxygen atoms in total. The van der Waals surface area contributed by atoms with Crippen molar-refractivity contribution in [3.8, 4) is 11.1 Å². The van der Waals surface area contributed by atoms with Crippen LogP contribution in [0.15, 0.2) is 36.4 Å². The van der Waals surface area contributed by atoms with E-state index in [0.717, 1.165) is 19.0 Å². The van der Waals surface area contributed by atoms with E-state index in [1.54, 1.807) is 12.1 Å². The van der Waals surface area contributed by atoms with Gasteiger partial charge < -0.3 is 10.6 Å². The number of hydrogen-bond donors (Lipinski definition) is 1. The van der Waals surface area contributed by atoms with Gasteiger partial charge in [-0.25, -0.2) is 13.2 Å². The van der Waals surface area contributed by atoms with Crippen LogP contribution < -0.4 is 5.73 Å². The maximum atomic E-state index is 14.8. The first-order valence-electron chi connectivity index (χ1n) is 7.66. The molecule has 2 aromatic carbocycles. The minimum absolute atomic E-state index is 0.00559. The summed E-state index contributed by atoms with van der Waals surface area (Å²) in [6, 6.07) is 8.63. The van der Waals surface area contributed by atoms with Gasteiger partial charge in [0.1, 0.15) is 5.82 Å². The summed E-state index contributed by atoms with van der Waals surface area (Å²) in [5.41, 5.74) is 6.58. The molecule has 0 bridgehead atoms. The number of likely N-dealkylation sites (tertiary alicyclic amines) is 1. The van der Waals surface area contributed by atoms with Gasteiger partial charge >= 0.3 is 0 Å². The number of nitrogens with zero attached hydrogens (tertiary/aromatic N) is 1. The lowest BCUT2D eigenvalue weighted by Crippen LogP contribution is -2.39. The first kappa shape index (κ1) is 16.0. The van der Waals surface area contributed by atoms with Gasteiger partial charge in [-0.2, -0.15) is 0 Å². The highest BCUT2D eigenvalue weighted by atomic mass is 19.2. The van der Waals surface area contributed by atoms with Crippen LogP contribution in [-0.2, 0) is 6.42 Å². The summed E-state index contributed by atoms with van der Waals surface area (Å²) in [6.45, 7) is 0.881. The highest BCUT2D eigenvalue weighted by molar-refractivity contribution is 5.66. The van der Waals surface area contributed by atoms with Crippen LogP contribution in [0, 0.1) is 17.5 Å². The largest absolute Gasteiger partial charge is 0.326 e. The fourth-order valence-electron chi connectivity index (χ4n) is 3.23. The molecular formula is C18H19F3N2. The minimum atomic E-state index is -1.03. The molecule has 0 aliphatic carbocycles. The molecule has 23 heavy (non-hydrogen) atoms. The van der Waals surface area contributed by atoms with Gasteiger partial charge in [0.05, 0.1) is 0 Å². The Morgan fingerprint density at radius 2 is 1.70 bits per heavy atom. The van der Waals surface area contributed by atoms with E-state index in [-0.39, 0.29) is 23.2 Å². The summed E-state index contributed by atoms with van der Waals surface area (Å²) in [5.74, 6) is -2.52. The first-order chi connectivity index (χ1) is 11.0. The molecule has 2 aromatic rings. The Kier molecular flexibility index (Phi) is 4.41. The van der Waals surface area contributed by atoms with Gasteiger partial charge in [-0.15, -0.1) is 0 Å². The second kappa shape index (κ2) is 6.34. The lowest BCUT2D eigenvalue weighted by Gasteiger charge is -2.23. The van der Waals surface area contributed by atoms with Gasteiger partial charge in [-0.05, 0) is 38.1 Å². The summed E-state index contributed by atoms with van der Waals surface area (Å²) in [5, 5.41) is 0. The predicted molar refractivity (Wildman–Crippen MR) is 84.5 cm³/mol. The summed E-state index contributed by atoms with van der Waals surface area (Å²) in [4.78, 5) is 2.11. The van der Waals surface area contributed by atoms with Crippen molar-refractivity contribution >= 4 is 0 Å². The maximum Gasteiger partial charge on any atom is 0.166 e. The SMILES string of the molecule is CN1CCC(N)C1Cc1cccc(-c2cccc(F)c2F)c1F. The molecule has 0 spiro atoms. The van der Waals surface area contributed by atoms with E-state index in [1.165, 1.54) is 18.2 Å². The van der Waals surface area contributed by atoms with Gasteiger partial charge in [0, 0.05) is 23.2 Å².